The first-order chi connectivity index (χ1) is 9.67. The van der Waals surface area contributed by atoms with Crippen molar-refractivity contribution in [2.75, 3.05) is 33.7 Å². The van der Waals surface area contributed by atoms with Gasteiger partial charge in [0, 0.05) is 24.7 Å². The molecule has 1 aromatic rings. The molecule has 1 aromatic heterocycles. The molecule has 112 valence electrons. The maximum absolute atomic E-state index is 4.35. The van der Waals surface area contributed by atoms with Gasteiger partial charge in [-0.25, -0.2) is 4.98 Å². The summed E-state index contributed by atoms with van der Waals surface area (Å²) in [5.41, 5.74) is 0. The summed E-state index contributed by atoms with van der Waals surface area (Å²) in [6, 6.07) is 0. The van der Waals surface area contributed by atoms with Gasteiger partial charge in [0.25, 0.3) is 0 Å². The van der Waals surface area contributed by atoms with Crippen LogP contribution in [0.4, 0.5) is 0 Å². The van der Waals surface area contributed by atoms with E-state index in [0.29, 0.717) is 0 Å². The molecule has 1 saturated heterocycles. The Kier molecular flexibility index (Phi) is 5.79. The number of hydrogen-bond acceptors (Lipinski definition) is 4. The van der Waals surface area contributed by atoms with Gasteiger partial charge in [-0.1, -0.05) is 0 Å². The molecule has 2 N–H and O–H groups in total. The van der Waals surface area contributed by atoms with E-state index in [0.717, 1.165) is 30.0 Å². The summed E-state index contributed by atoms with van der Waals surface area (Å²) in [5, 5.41) is 7.85. The van der Waals surface area contributed by atoms with Crippen molar-refractivity contribution in [3.8, 4) is 0 Å². The SMILES string of the molecule is CN=C(NCc1ncc(C)s1)NCC1CCN(C)CC1. The topological polar surface area (TPSA) is 52.6 Å². The highest BCUT2D eigenvalue weighted by atomic mass is 32.1. The molecule has 0 saturated carbocycles. The molecule has 0 unspecified atom stereocenters. The van der Waals surface area contributed by atoms with E-state index in [9.17, 15) is 0 Å². The van der Waals surface area contributed by atoms with Gasteiger partial charge in [-0.3, -0.25) is 4.99 Å². The van der Waals surface area contributed by atoms with Crippen LogP contribution >= 0.6 is 11.3 Å². The van der Waals surface area contributed by atoms with E-state index in [1.54, 1.807) is 11.3 Å². The third-order valence-electron chi connectivity index (χ3n) is 3.70. The number of thiazole rings is 1. The Morgan fingerprint density at radius 1 is 1.45 bits per heavy atom. The van der Waals surface area contributed by atoms with E-state index in [1.807, 2.05) is 13.2 Å². The van der Waals surface area contributed by atoms with Crippen LogP contribution in [0.2, 0.25) is 0 Å². The molecule has 1 aliphatic rings. The molecule has 0 radical (unpaired) electrons. The summed E-state index contributed by atoms with van der Waals surface area (Å²) in [6.07, 6.45) is 4.45. The van der Waals surface area contributed by atoms with Crippen LogP contribution in [0.3, 0.4) is 0 Å². The molecule has 1 aliphatic heterocycles. The molecule has 5 nitrogen and oxygen atoms in total. The first-order valence-corrected chi connectivity index (χ1v) is 8.03. The maximum atomic E-state index is 4.35. The van der Waals surface area contributed by atoms with E-state index in [-0.39, 0.29) is 0 Å². The normalized spacial score (nSPS) is 18.2. The number of aliphatic imine (C=N–C) groups is 1. The van der Waals surface area contributed by atoms with Crippen LogP contribution in [0, 0.1) is 12.8 Å². The van der Waals surface area contributed by atoms with Gasteiger partial charge >= 0.3 is 0 Å². The zero-order valence-corrected chi connectivity index (χ0v) is 13.5. The second-order valence-electron chi connectivity index (χ2n) is 5.42. The molecule has 0 aliphatic carbocycles. The number of nitrogens with zero attached hydrogens (tertiary/aromatic N) is 3. The fraction of sp³-hybridized carbons (Fsp3) is 0.714. The van der Waals surface area contributed by atoms with Crippen molar-refractivity contribution >= 4 is 17.3 Å². The smallest absolute Gasteiger partial charge is 0.191 e. The molecule has 0 bridgehead atoms. The predicted octanol–water partition coefficient (Wildman–Crippen LogP) is 1.46. The van der Waals surface area contributed by atoms with Crippen molar-refractivity contribution in [3.05, 3.63) is 16.1 Å². The average molecular weight is 295 g/mol. The molecule has 0 spiro atoms. The molecule has 6 heteroatoms. The Balaban J connectivity index is 1.70. The van der Waals surface area contributed by atoms with Crippen LogP contribution in [-0.4, -0.2) is 49.6 Å². The molecule has 0 atom stereocenters. The zero-order valence-electron chi connectivity index (χ0n) is 12.6. The highest BCUT2D eigenvalue weighted by Crippen LogP contribution is 2.14. The Bertz CT molecular complexity index is 435. The highest BCUT2D eigenvalue weighted by molar-refractivity contribution is 7.11. The zero-order chi connectivity index (χ0) is 14.4. The Labute approximate surface area is 125 Å². The minimum absolute atomic E-state index is 0.742. The number of guanidine groups is 1. The molecule has 1 fully saturated rings. The lowest BCUT2D eigenvalue weighted by Crippen LogP contribution is -2.41. The Morgan fingerprint density at radius 3 is 2.80 bits per heavy atom. The fourth-order valence-corrected chi connectivity index (χ4v) is 3.10. The van der Waals surface area contributed by atoms with Crippen LogP contribution in [-0.2, 0) is 6.54 Å². The number of hydrogen-bond donors (Lipinski definition) is 2. The van der Waals surface area contributed by atoms with Gasteiger partial charge in [0.05, 0.1) is 6.54 Å². The lowest BCUT2D eigenvalue weighted by atomic mass is 9.97. The molecule has 20 heavy (non-hydrogen) atoms. The second kappa shape index (κ2) is 7.59. The summed E-state index contributed by atoms with van der Waals surface area (Å²) in [7, 11) is 4.01. The summed E-state index contributed by atoms with van der Waals surface area (Å²) >= 11 is 1.72. The van der Waals surface area contributed by atoms with Gasteiger partial charge in [-0.15, -0.1) is 11.3 Å². The molecule has 0 aromatic carbocycles. The average Bonchev–Trinajstić information content (AvgIpc) is 2.87. The second-order valence-corrected chi connectivity index (χ2v) is 6.74. The van der Waals surface area contributed by atoms with E-state index >= 15 is 0 Å². The first-order valence-electron chi connectivity index (χ1n) is 7.21. The molecular formula is C14H25N5S. The molecule has 0 amide bonds. The van der Waals surface area contributed by atoms with Crippen molar-refractivity contribution in [2.24, 2.45) is 10.9 Å². The van der Waals surface area contributed by atoms with Crippen LogP contribution in [0.1, 0.15) is 22.7 Å². The Hall–Kier alpha value is -1.14. The third-order valence-corrected chi connectivity index (χ3v) is 4.61. The molecule has 2 rings (SSSR count). The number of aromatic nitrogens is 1. The first kappa shape index (κ1) is 15.3. The summed E-state index contributed by atoms with van der Waals surface area (Å²) < 4.78 is 0. The van der Waals surface area contributed by atoms with Crippen LogP contribution in [0.25, 0.3) is 0 Å². The highest BCUT2D eigenvalue weighted by Gasteiger charge is 2.16. The standard InChI is InChI=1S/C14H25N5S/c1-11-8-16-13(20-11)10-18-14(15-2)17-9-12-4-6-19(3)7-5-12/h8,12H,4-7,9-10H2,1-3H3,(H2,15,17,18). The number of rotatable bonds is 4. The minimum atomic E-state index is 0.742. The minimum Gasteiger partial charge on any atom is -0.356 e. The lowest BCUT2D eigenvalue weighted by molar-refractivity contribution is 0.220. The van der Waals surface area contributed by atoms with Crippen molar-refractivity contribution in [3.63, 3.8) is 0 Å². The summed E-state index contributed by atoms with van der Waals surface area (Å²) in [4.78, 5) is 12.3. The quantitative estimate of drug-likeness (QED) is 0.652. The van der Waals surface area contributed by atoms with Crippen molar-refractivity contribution < 1.29 is 0 Å². The van der Waals surface area contributed by atoms with E-state index in [4.69, 9.17) is 0 Å². The summed E-state index contributed by atoms with van der Waals surface area (Å²) in [6.45, 7) is 6.23. The van der Waals surface area contributed by atoms with E-state index in [2.05, 4.69) is 39.5 Å². The van der Waals surface area contributed by atoms with Crippen LogP contribution in [0.5, 0.6) is 0 Å². The van der Waals surface area contributed by atoms with Gasteiger partial charge in [0.2, 0.25) is 0 Å². The monoisotopic (exact) mass is 295 g/mol. The van der Waals surface area contributed by atoms with Gasteiger partial charge in [0.15, 0.2) is 5.96 Å². The van der Waals surface area contributed by atoms with Gasteiger partial charge < -0.3 is 15.5 Å². The van der Waals surface area contributed by atoms with Crippen molar-refractivity contribution in [1.29, 1.82) is 0 Å². The number of piperidine rings is 1. The van der Waals surface area contributed by atoms with Crippen LogP contribution in [0.15, 0.2) is 11.2 Å². The number of aryl methyl sites for hydroxylation is 1. The summed E-state index contributed by atoms with van der Waals surface area (Å²) in [5.74, 6) is 1.63. The maximum Gasteiger partial charge on any atom is 0.191 e. The largest absolute Gasteiger partial charge is 0.356 e. The van der Waals surface area contributed by atoms with Crippen LogP contribution < -0.4 is 10.6 Å². The molecular weight excluding hydrogens is 270 g/mol. The van der Waals surface area contributed by atoms with Gasteiger partial charge in [-0.05, 0) is 45.8 Å². The van der Waals surface area contributed by atoms with Gasteiger partial charge in [0.1, 0.15) is 5.01 Å². The Morgan fingerprint density at radius 2 is 2.20 bits per heavy atom. The van der Waals surface area contributed by atoms with Crippen molar-refractivity contribution in [2.45, 2.75) is 26.3 Å². The van der Waals surface area contributed by atoms with Gasteiger partial charge in [-0.2, -0.15) is 0 Å². The predicted molar refractivity (Wildman–Crippen MR) is 85.3 cm³/mol. The van der Waals surface area contributed by atoms with E-state index < -0.39 is 0 Å². The van der Waals surface area contributed by atoms with Crippen molar-refractivity contribution in [1.82, 2.24) is 20.5 Å². The molecule has 2 heterocycles. The fourth-order valence-electron chi connectivity index (χ4n) is 2.37. The lowest BCUT2D eigenvalue weighted by Gasteiger charge is -2.29. The number of nitrogens with one attached hydrogen (secondary N) is 2. The van der Waals surface area contributed by atoms with E-state index in [1.165, 1.54) is 30.8 Å². The third kappa shape index (κ3) is 4.76. The number of likely N-dealkylation sites (tertiary alicyclic amines) is 1.